The molecule has 0 atom stereocenters. The zero-order chi connectivity index (χ0) is 22.9. The minimum atomic E-state index is -4.07. The zero-order valence-corrected chi connectivity index (χ0v) is 18.3. The molecule has 2 aromatic carbocycles. The van der Waals surface area contributed by atoms with Crippen molar-refractivity contribution in [2.45, 2.75) is 24.2 Å². The van der Waals surface area contributed by atoms with E-state index in [1.807, 2.05) is 0 Å². The van der Waals surface area contributed by atoms with Gasteiger partial charge >= 0.3 is 0 Å². The summed E-state index contributed by atoms with van der Waals surface area (Å²) in [6.45, 7) is 0.605. The molecule has 11 heteroatoms. The second-order valence-electron chi connectivity index (χ2n) is 7.23. The summed E-state index contributed by atoms with van der Waals surface area (Å²) in [6, 6.07) is 6.05. The first-order chi connectivity index (χ1) is 15.3. The number of carbonyl (C=O) groups excluding carboxylic acids is 1. The number of anilines is 1. The maximum absolute atomic E-state index is 14.4. The molecule has 1 aromatic heterocycles. The standard InChI is InChI=1S/C21H18F3N3O3S2/c22-14-5-7-16(23)15(11-14)18-12-31-21(25-18)26-20(28)13-4-6-17(24)19(10-13)32(29,30)27-8-2-1-3-9-27/h4-7,10-12H,1-3,8-9H2,(H,25,26,28). The van der Waals surface area contributed by atoms with Crippen LogP contribution in [0.5, 0.6) is 0 Å². The number of carbonyl (C=O) groups is 1. The van der Waals surface area contributed by atoms with E-state index >= 15 is 0 Å². The summed E-state index contributed by atoms with van der Waals surface area (Å²) in [5.74, 6) is -2.94. The maximum Gasteiger partial charge on any atom is 0.257 e. The van der Waals surface area contributed by atoms with Crippen molar-refractivity contribution < 1.29 is 26.4 Å². The summed E-state index contributed by atoms with van der Waals surface area (Å²) in [5.41, 5.74) is 0.00360. The number of aromatic nitrogens is 1. The number of thiazole rings is 1. The first-order valence-electron chi connectivity index (χ1n) is 9.78. The minimum Gasteiger partial charge on any atom is -0.298 e. The number of benzene rings is 2. The number of halogens is 3. The monoisotopic (exact) mass is 481 g/mol. The van der Waals surface area contributed by atoms with Gasteiger partial charge in [0.25, 0.3) is 5.91 Å². The van der Waals surface area contributed by atoms with Gasteiger partial charge in [-0.1, -0.05) is 6.42 Å². The average molecular weight is 482 g/mol. The summed E-state index contributed by atoms with van der Waals surface area (Å²) in [4.78, 5) is 16.2. The number of nitrogens with one attached hydrogen (secondary N) is 1. The number of piperidine rings is 1. The first-order valence-corrected chi connectivity index (χ1v) is 12.1. The van der Waals surface area contributed by atoms with E-state index in [1.54, 1.807) is 0 Å². The average Bonchev–Trinajstić information content (AvgIpc) is 3.24. The predicted octanol–water partition coefficient (Wildman–Crippen LogP) is 4.65. The molecule has 0 bridgehead atoms. The van der Waals surface area contributed by atoms with Crippen LogP contribution in [0, 0.1) is 17.5 Å². The fraction of sp³-hybridized carbons (Fsp3) is 0.238. The lowest BCUT2D eigenvalue weighted by molar-refractivity contribution is 0.102. The molecule has 1 aliphatic heterocycles. The molecule has 168 valence electrons. The van der Waals surface area contributed by atoms with Gasteiger partial charge in [0.2, 0.25) is 10.0 Å². The van der Waals surface area contributed by atoms with E-state index < -0.39 is 38.3 Å². The van der Waals surface area contributed by atoms with E-state index in [0.717, 1.165) is 48.1 Å². The van der Waals surface area contributed by atoms with Gasteiger partial charge < -0.3 is 0 Å². The molecule has 3 aromatic rings. The number of hydrogen-bond acceptors (Lipinski definition) is 5. The molecule has 1 amide bonds. The maximum atomic E-state index is 14.4. The SMILES string of the molecule is O=C(Nc1nc(-c2cc(F)ccc2F)cs1)c1ccc(F)c(S(=O)(=O)N2CCCCC2)c1. The van der Waals surface area contributed by atoms with Gasteiger partial charge in [0.05, 0.1) is 5.69 Å². The molecule has 1 N–H and O–H groups in total. The molecule has 1 saturated heterocycles. The van der Waals surface area contributed by atoms with Crippen molar-refractivity contribution in [1.29, 1.82) is 0 Å². The Morgan fingerprint density at radius 2 is 1.72 bits per heavy atom. The number of sulfonamides is 1. The van der Waals surface area contributed by atoms with Crippen LogP contribution in [0.3, 0.4) is 0 Å². The highest BCUT2D eigenvalue weighted by Crippen LogP contribution is 2.29. The van der Waals surface area contributed by atoms with E-state index in [1.165, 1.54) is 15.8 Å². The molecule has 2 heterocycles. The van der Waals surface area contributed by atoms with Crippen LogP contribution in [-0.2, 0) is 10.0 Å². The summed E-state index contributed by atoms with van der Waals surface area (Å²) in [7, 11) is -4.07. The summed E-state index contributed by atoms with van der Waals surface area (Å²) in [5, 5.41) is 4.03. The number of nitrogens with zero attached hydrogens (tertiary/aromatic N) is 2. The summed E-state index contributed by atoms with van der Waals surface area (Å²) < 4.78 is 68.6. The van der Waals surface area contributed by atoms with Gasteiger partial charge in [-0.15, -0.1) is 11.3 Å². The first kappa shape index (κ1) is 22.4. The number of rotatable bonds is 5. The topological polar surface area (TPSA) is 79.4 Å². The Bertz CT molecular complexity index is 1270. The van der Waals surface area contributed by atoms with Crippen molar-refractivity contribution in [3.8, 4) is 11.3 Å². The van der Waals surface area contributed by atoms with E-state index in [9.17, 15) is 26.4 Å². The van der Waals surface area contributed by atoms with Crippen molar-refractivity contribution in [1.82, 2.24) is 9.29 Å². The normalized spacial score (nSPS) is 15.0. The van der Waals surface area contributed by atoms with Crippen LogP contribution in [0.4, 0.5) is 18.3 Å². The van der Waals surface area contributed by atoms with E-state index in [0.29, 0.717) is 25.9 Å². The summed E-state index contributed by atoms with van der Waals surface area (Å²) in [6.07, 6.45) is 2.30. The molecule has 0 radical (unpaired) electrons. The van der Waals surface area contributed by atoms with Crippen LogP contribution < -0.4 is 5.32 Å². The molecule has 6 nitrogen and oxygen atoms in total. The second-order valence-corrected chi connectivity index (χ2v) is 9.99. The third-order valence-electron chi connectivity index (χ3n) is 5.06. The Balaban J connectivity index is 1.56. The molecule has 1 fully saturated rings. The van der Waals surface area contributed by atoms with E-state index in [-0.39, 0.29) is 22.0 Å². The highest BCUT2D eigenvalue weighted by Gasteiger charge is 2.29. The Labute approximate surface area is 186 Å². The number of amides is 1. The molecular weight excluding hydrogens is 463 g/mol. The largest absolute Gasteiger partial charge is 0.298 e. The molecule has 0 saturated carbocycles. The van der Waals surface area contributed by atoms with Crippen LogP contribution in [-0.4, -0.2) is 36.7 Å². The van der Waals surface area contributed by atoms with Crippen LogP contribution in [0.1, 0.15) is 29.6 Å². The molecule has 4 rings (SSSR count). The highest BCUT2D eigenvalue weighted by molar-refractivity contribution is 7.89. The molecule has 0 unspecified atom stereocenters. The lowest BCUT2D eigenvalue weighted by Gasteiger charge is -2.26. The van der Waals surface area contributed by atoms with Crippen molar-refractivity contribution in [2.75, 3.05) is 18.4 Å². The Kier molecular flexibility index (Phi) is 6.31. The number of hydrogen-bond donors (Lipinski definition) is 1. The van der Waals surface area contributed by atoms with E-state index in [4.69, 9.17) is 0 Å². The van der Waals surface area contributed by atoms with E-state index in [2.05, 4.69) is 10.3 Å². The van der Waals surface area contributed by atoms with Gasteiger partial charge in [0, 0.05) is 29.6 Å². The molecular formula is C21H18F3N3O3S2. The zero-order valence-electron chi connectivity index (χ0n) is 16.6. The Hall–Kier alpha value is -2.76. The minimum absolute atomic E-state index is 0.0570. The molecule has 1 aliphatic rings. The van der Waals surface area contributed by atoms with Crippen molar-refractivity contribution in [3.05, 3.63) is 64.8 Å². The fourth-order valence-electron chi connectivity index (χ4n) is 3.40. The van der Waals surface area contributed by atoms with Gasteiger partial charge in [-0.3, -0.25) is 10.1 Å². The third kappa shape index (κ3) is 4.54. The van der Waals surface area contributed by atoms with Crippen LogP contribution in [0.15, 0.2) is 46.7 Å². The molecule has 32 heavy (non-hydrogen) atoms. The highest BCUT2D eigenvalue weighted by atomic mass is 32.2. The van der Waals surface area contributed by atoms with Crippen molar-refractivity contribution in [2.24, 2.45) is 0 Å². The second kappa shape index (κ2) is 9.00. The molecule has 0 spiro atoms. The molecule has 0 aliphatic carbocycles. The summed E-state index contributed by atoms with van der Waals surface area (Å²) >= 11 is 0.985. The lowest BCUT2D eigenvalue weighted by atomic mass is 10.1. The van der Waals surface area contributed by atoms with Crippen molar-refractivity contribution in [3.63, 3.8) is 0 Å². The smallest absolute Gasteiger partial charge is 0.257 e. The van der Waals surface area contributed by atoms with Gasteiger partial charge in [-0.05, 0) is 49.2 Å². The Morgan fingerprint density at radius 1 is 1.00 bits per heavy atom. The lowest BCUT2D eigenvalue weighted by Crippen LogP contribution is -2.36. The van der Waals surface area contributed by atoms with Crippen molar-refractivity contribution >= 4 is 32.4 Å². The van der Waals surface area contributed by atoms with Crippen LogP contribution >= 0.6 is 11.3 Å². The van der Waals surface area contributed by atoms with Gasteiger partial charge in [-0.2, -0.15) is 4.31 Å². The van der Waals surface area contributed by atoms with Gasteiger partial charge in [-0.25, -0.2) is 26.6 Å². The van der Waals surface area contributed by atoms with Gasteiger partial charge in [0.15, 0.2) is 5.13 Å². The predicted molar refractivity (Wildman–Crippen MR) is 114 cm³/mol. The van der Waals surface area contributed by atoms with Crippen LogP contribution in [0.25, 0.3) is 11.3 Å². The Morgan fingerprint density at radius 3 is 2.47 bits per heavy atom. The fourth-order valence-corrected chi connectivity index (χ4v) is 5.72. The third-order valence-corrected chi connectivity index (χ3v) is 7.73. The van der Waals surface area contributed by atoms with Crippen LogP contribution in [0.2, 0.25) is 0 Å². The quantitative estimate of drug-likeness (QED) is 0.575. The van der Waals surface area contributed by atoms with Gasteiger partial charge in [0.1, 0.15) is 22.3 Å².